The van der Waals surface area contributed by atoms with Gasteiger partial charge in [-0.25, -0.2) is 0 Å². The van der Waals surface area contributed by atoms with Crippen molar-refractivity contribution in [1.29, 1.82) is 0 Å². The summed E-state index contributed by atoms with van der Waals surface area (Å²) in [4.78, 5) is 10.3. The molecule has 0 amide bonds. The molecule has 3 aromatic rings. The van der Waals surface area contributed by atoms with Crippen molar-refractivity contribution in [1.82, 2.24) is 14.8 Å². The van der Waals surface area contributed by atoms with E-state index in [-0.39, 0.29) is 12.3 Å². The molecule has 0 radical (unpaired) electrons. The van der Waals surface area contributed by atoms with Crippen LogP contribution < -0.4 is 4.74 Å². The van der Waals surface area contributed by atoms with Gasteiger partial charge in [0.1, 0.15) is 12.4 Å². The maximum atomic E-state index is 10.8. The van der Waals surface area contributed by atoms with E-state index in [1.807, 2.05) is 36.6 Å². The molecule has 0 aliphatic carbocycles. The van der Waals surface area contributed by atoms with Gasteiger partial charge in [-0.2, -0.15) is 0 Å². The van der Waals surface area contributed by atoms with Gasteiger partial charge >= 0.3 is 0 Å². The van der Waals surface area contributed by atoms with E-state index in [2.05, 4.69) is 16.3 Å². The first kappa shape index (κ1) is 20.8. The van der Waals surface area contributed by atoms with Crippen LogP contribution in [0.25, 0.3) is 11.4 Å². The third-order valence-corrected chi connectivity index (χ3v) is 5.30. The summed E-state index contributed by atoms with van der Waals surface area (Å²) in [5, 5.41) is 30.3. The molecule has 0 aliphatic heterocycles. The minimum absolute atomic E-state index is 0.0270. The second-order valence-electron chi connectivity index (χ2n) is 6.45. The number of non-ortho nitro benzene ring substituents is 1. The van der Waals surface area contributed by atoms with E-state index >= 15 is 0 Å². The molecule has 152 valence electrons. The Morgan fingerprint density at radius 2 is 2.03 bits per heavy atom. The van der Waals surface area contributed by atoms with Crippen LogP contribution in [0.5, 0.6) is 5.75 Å². The number of nitro benzene ring substituents is 1. The standard InChI is InChI=1S/C20H22N4O4S/c1-3-23-19(15-7-4-6-14(2)10-15)21-22-20(23)29-13-17(25)12-28-18-9-5-8-16(11-18)24(26)27/h4-11,17,25H,3,12-13H2,1-2H3. The highest BCUT2D eigenvalue weighted by Crippen LogP contribution is 2.25. The fourth-order valence-corrected chi connectivity index (χ4v) is 3.68. The average molecular weight is 414 g/mol. The number of benzene rings is 2. The van der Waals surface area contributed by atoms with Crippen molar-refractivity contribution in [2.24, 2.45) is 0 Å². The summed E-state index contributed by atoms with van der Waals surface area (Å²) >= 11 is 1.39. The average Bonchev–Trinajstić information content (AvgIpc) is 3.14. The lowest BCUT2D eigenvalue weighted by molar-refractivity contribution is -0.384. The summed E-state index contributed by atoms with van der Waals surface area (Å²) < 4.78 is 7.49. The lowest BCUT2D eigenvalue weighted by Gasteiger charge is -2.12. The van der Waals surface area contributed by atoms with Gasteiger partial charge in [0.2, 0.25) is 0 Å². The maximum Gasteiger partial charge on any atom is 0.273 e. The van der Waals surface area contributed by atoms with Crippen LogP contribution >= 0.6 is 11.8 Å². The van der Waals surface area contributed by atoms with Gasteiger partial charge in [-0.05, 0) is 26.0 Å². The molecule has 1 atom stereocenters. The highest BCUT2D eigenvalue weighted by molar-refractivity contribution is 7.99. The molecule has 0 fully saturated rings. The Bertz CT molecular complexity index is 992. The summed E-state index contributed by atoms with van der Waals surface area (Å²) in [6.45, 7) is 4.79. The van der Waals surface area contributed by atoms with Crippen LogP contribution in [-0.2, 0) is 6.54 Å². The molecule has 8 nitrogen and oxygen atoms in total. The third kappa shape index (κ3) is 5.33. The number of aryl methyl sites for hydroxylation is 1. The number of nitrogens with zero attached hydrogens (tertiary/aromatic N) is 4. The summed E-state index contributed by atoms with van der Waals surface area (Å²) in [7, 11) is 0. The fourth-order valence-electron chi connectivity index (χ4n) is 2.78. The van der Waals surface area contributed by atoms with E-state index in [0.717, 1.165) is 22.1 Å². The lowest BCUT2D eigenvalue weighted by Crippen LogP contribution is -2.20. The Labute approximate surface area is 172 Å². The number of rotatable bonds is 9. The van der Waals surface area contributed by atoms with Crippen molar-refractivity contribution in [2.75, 3.05) is 12.4 Å². The van der Waals surface area contributed by atoms with E-state index in [1.165, 1.54) is 23.9 Å². The van der Waals surface area contributed by atoms with Crippen LogP contribution in [0.2, 0.25) is 0 Å². The predicted octanol–water partition coefficient (Wildman–Crippen LogP) is 3.71. The molecule has 9 heteroatoms. The number of hydrogen-bond acceptors (Lipinski definition) is 7. The first-order valence-corrected chi connectivity index (χ1v) is 10.1. The molecule has 1 N–H and O–H groups in total. The largest absolute Gasteiger partial charge is 0.491 e. The predicted molar refractivity (Wildman–Crippen MR) is 111 cm³/mol. The van der Waals surface area contributed by atoms with Crippen LogP contribution in [-0.4, -0.2) is 43.3 Å². The number of hydrogen-bond donors (Lipinski definition) is 1. The quantitative estimate of drug-likeness (QED) is 0.323. The van der Waals surface area contributed by atoms with Crippen molar-refractivity contribution >= 4 is 17.4 Å². The summed E-state index contributed by atoms with van der Waals surface area (Å²) in [5.41, 5.74) is 2.10. The van der Waals surface area contributed by atoms with E-state index in [0.29, 0.717) is 18.0 Å². The van der Waals surface area contributed by atoms with Gasteiger partial charge in [-0.1, -0.05) is 41.6 Å². The summed E-state index contributed by atoms with van der Waals surface area (Å²) in [6, 6.07) is 14.0. The molecule has 2 aromatic carbocycles. The van der Waals surface area contributed by atoms with E-state index < -0.39 is 11.0 Å². The van der Waals surface area contributed by atoms with Gasteiger partial charge in [-0.15, -0.1) is 10.2 Å². The van der Waals surface area contributed by atoms with Crippen LogP contribution in [0, 0.1) is 17.0 Å². The summed E-state index contributed by atoms with van der Waals surface area (Å²) in [6.07, 6.45) is -0.760. The Kier molecular flexibility index (Phi) is 6.84. The minimum Gasteiger partial charge on any atom is -0.491 e. The zero-order valence-electron chi connectivity index (χ0n) is 16.2. The second-order valence-corrected chi connectivity index (χ2v) is 7.44. The number of nitro groups is 1. The zero-order chi connectivity index (χ0) is 20.8. The molecule has 29 heavy (non-hydrogen) atoms. The van der Waals surface area contributed by atoms with Crippen molar-refractivity contribution in [3.63, 3.8) is 0 Å². The Morgan fingerprint density at radius 3 is 2.76 bits per heavy atom. The number of aliphatic hydroxyl groups is 1. The SMILES string of the molecule is CCn1c(SCC(O)COc2cccc([N+](=O)[O-])c2)nnc1-c1cccc(C)c1. The molecule has 1 unspecified atom stereocenters. The molecule has 0 aliphatic rings. The van der Waals surface area contributed by atoms with Gasteiger partial charge in [-0.3, -0.25) is 10.1 Å². The van der Waals surface area contributed by atoms with Crippen LogP contribution in [0.3, 0.4) is 0 Å². The summed E-state index contributed by atoms with van der Waals surface area (Å²) in [5.74, 6) is 1.50. The highest BCUT2D eigenvalue weighted by atomic mass is 32.2. The Morgan fingerprint density at radius 1 is 1.24 bits per heavy atom. The molecule has 0 saturated carbocycles. The Hall–Kier alpha value is -2.91. The van der Waals surface area contributed by atoms with Crippen LogP contribution in [0.1, 0.15) is 12.5 Å². The van der Waals surface area contributed by atoms with E-state index in [4.69, 9.17) is 4.74 Å². The molecule has 0 spiro atoms. The molecule has 0 bridgehead atoms. The van der Waals surface area contributed by atoms with Gasteiger partial charge in [0.15, 0.2) is 11.0 Å². The second kappa shape index (κ2) is 9.53. The molecule has 1 aromatic heterocycles. The third-order valence-electron chi connectivity index (χ3n) is 4.18. The lowest BCUT2D eigenvalue weighted by atomic mass is 10.1. The van der Waals surface area contributed by atoms with Gasteiger partial charge in [0, 0.05) is 23.9 Å². The van der Waals surface area contributed by atoms with Crippen molar-refractivity contribution in [3.8, 4) is 17.1 Å². The first-order chi connectivity index (χ1) is 14.0. The molecular formula is C20H22N4O4S. The van der Waals surface area contributed by atoms with Gasteiger partial charge in [0.05, 0.1) is 17.1 Å². The topological polar surface area (TPSA) is 103 Å². The Balaban J connectivity index is 1.60. The minimum atomic E-state index is -0.760. The van der Waals surface area contributed by atoms with Gasteiger partial charge < -0.3 is 14.4 Å². The number of ether oxygens (including phenoxy) is 1. The number of aliphatic hydroxyl groups excluding tert-OH is 1. The van der Waals surface area contributed by atoms with Crippen molar-refractivity contribution in [2.45, 2.75) is 31.7 Å². The van der Waals surface area contributed by atoms with Gasteiger partial charge in [0.25, 0.3) is 5.69 Å². The zero-order valence-corrected chi connectivity index (χ0v) is 17.0. The van der Waals surface area contributed by atoms with Crippen LogP contribution in [0.15, 0.2) is 53.7 Å². The maximum absolute atomic E-state index is 10.8. The molecular weight excluding hydrogens is 392 g/mol. The normalized spacial score (nSPS) is 12.0. The molecule has 3 rings (SSSR count). The molecule has 0 saturated heterocycles. The molecule has 1 heterocycles. The highest BCUT2D eigenvalue weighted by Gasteiger charge is 2.16. The van der Waals surface area contributed by atoms with E-state index in [1.54, 1.807) is 12.1 Å². The number of aromatic nitrogens is 3. The first-order valence-electron chi connectivity index (χ1n) is 9.16. The van der Waals surface area contributed by atoms with Crippen molar-refractivity contribution in [3.05, 3.63) is 64.2 Å². The van der Waals surface area contributed by atoms with E-state index in [9.17, 15) is 15.2 Å². The van der Waals surface area contributed by atoms with Crippen molar-refractivity contribution < 1.29 is 14.8 Å². The fraction of sp³-hybridized carbons (Fsp3) is 0.300. The number of thioether (sulfide) groups is 1. The smallest absolute Gasteiger partial charge is 0.273 e. The van der Waals surface area contributed by atoms with Crippen LogP contribution in [0.4, 0.5) is 5.69 Å². The monoisotopic (exact) mass is 414 g/mol.